The molecule has 102 valence electrons. The summed E-state index contributed by atoms with van der Waals surface area (Å²) in [6.07, 6.45) is 1.88. The van der Waals surface area contributed by atoms with Crippen molar-refractivity contribution in [3.05, 3.63) is 54.4 Å². The Morgan fingerprint density at radius 2 is 1.90 bits per heavy atom. The minimum Gasteiger partial charge on any atom is -0.493 e. The monoisotopic (exact) mass is 269 g/mol. The average molecular weight is 269 g/mol. The summed E-state index contributed by atoms with van der Waals surface area (Å²) in [7, 11) is 1.62. The molecular weight excluding hydrogens is 254 g/mol. The fraction of sp³-hybridized carbons (Fsp3) is 0.133. The molecule has 0 spiro atoms. The number of pyridine rings is 1. The lowest BCUT2D eigenvalue weighted by Gasteiger charge is -2.08. The second-order valence-electron chi connectivity index (χ2n) is 4.35. The molecule has 0 saturated heterocycles. The first-order valence-electron chi connectivity index (χ1n) is 6.26. The van der Waals surface area contributed by atoms with Gasteiger partial charge in [-0.25, -0.2) is 4.98 Å². The number of nitrogens with two attached hydrogens (primary N) is 1. The van der Waals surface area contributed by atoms with E-state index in [1.807, 2.05) is 53.1 Å². The molecule has 0 aliphatic rings. The maximum Gasteiger partial charge on any atom is 0.161 e. The largest absolute Gasteiger partial charge is 0.493 e. The Hall–Kier alpha value is -2.69. The molecule has 0 bridgehead atoms. The van der Waals surface area contributed by atoms with Crippen molar-refractivity contribution in [1.29, 1.82) is 0 Å². The van der Waals surface area contributed by atoms with Crippen molar-refractivity contribution in [3.63, 3.8) is 0 Å². The molecule has 0 aliphatic carbocycles. The molecule has 3 rings (SSSR count). The molecule has 0 saturated carbocycles. The molecule has 5 nitrogen and oxygen atoms in total. The van der Waals surface area contributed by atoms with E-state index in [1.165, 1.54) is 0 Å². The molecule has 0 atom stereocenters. The molecule has 0 fully saturated rings. The number of hydrogen-bond donors (Lipinski definition) is 1. The lowest BCUT2D eigenvalue weighted by Crippen LogP contribution is -1.97. The Kier molecular flexibility index (Phi) is 3.16. The minimum atomic E-state index is 0.363. The number of fused-ring (bicyclic) bond motifs is 1. The van der Waals surface area contributed by atoms with Crippen molar-refractivity contribution in [2.24, 2.45) is 0 Å². The van der Waals surface area contributed by atoms with Crippen LogP contribution in [0.15, 0.2) is 48.7 Å². The third-order valence-electron chi connectivity index (χ3n) is 3.02. The van der Waals surface area contributed by atoms with Crippen LogP contribution in [0.2, 0.25) is 0 Å². The molecule has 0 aliphatic heterocycles. The fourth-order valence-electron chi connectivity index (χ4n) is 2.04. The van der Waals surface area contributed by atoms with Gasteiger partial charge in [-0.1, -0.05) is 18.2 Å². The SMILES string of the molecule is COc1ccccc1OCc1cn2c(N)cccc2n1. The van der Waals surface area contributed by atoms with E-state index in [2.05, 4.69) is 4.98 Å². The summed E-state index contributed by atoms with van der Waals surface area (Å²) in [6, 6.07) is 13.1. The van der Waals surface area contributed by atoms with Crippen molar-refractivity contribution >= 4 is 11.5 Å². The molecule has 0 unspecified atom stereocenters. The Morgan fingerprint density at radius 1 is 1.10 bits per heavy atom. The lowest BCUT2D eigenvalue weighted by atomic mass is 10.3. The van der Waals surface area contributed by atoms with Gasteiger partial charge in [-0.15, -0.1) is 0 Å². The summed E-state index contributed by atoms with van der Waals surface area (Å²) < 4.78 is 12.8. The molecular formula is C15H15N3O2. The van der Waals surface area contributed by atoms with E-state index in [4.69, 9.17) is 15.2 Å². The first-order valence-corrected chi connectivity index (χ1v) is 6.26. The Morgan fingerprint density at radius 3 is 2.65 bits per heavy atom. The summed E-state index contributed by atoms with van der Waals surface area (Å²) in [6.45, 7) is 0.363. The van der Waals surface area contributed by atoms with E-state index >= 15 is 0 Å². The molecule has 0 radical (unpaired) electrons. The van der Waals surface area contributed by atoms with Gasteiger partial charge in [-0.2, -0.15) is 0 Å². The van der Waals surface area contributed by atoms with Gasteiger partial charge in [0, 0.05) is 6.20 Å². The zero-order valence-corrected chi connectivity index (χ0v) is 11.1. The number of aromatic nitrogens is 2. The predicted octanol–water partition coefficient (Wildman–Crippen LogP) is 2.50. The average Bonchev–Trinajstić information content (AvgIpc) is 2.90. The highest BCUT2D eigenvalue weighted by Crippen LogP contribution is 2.26. The van der Waals surface area contributed by atoms with Gasteiger partial charge in [0.1, 0.15) is 18.1 Å². The van der Waals surface area contributed by atoms with Crippen LogP contribution in [0.1, 0.15) is 5.69 Å². The smallest absolute Gasteiger partial charge is 0.161 e. The zero-order chi connectivity index (χ0) is 13.9. The number of para-hydroxylation sites is 2. The zero-order valence-electron chi connectivity index (χ0n) is 11.1. The van der Waals surface area contributed by atoms with E-state index in [-0.39, 0.29) is 0 Å². The molecule has 3 aromatic rings. The van der Waals surface area contributed by atoms with E-state index < -0.39 is 0 Å². The minimum absolute atomic E-state index is 0.363. The van der Waals surface area contributed by atoms with Crippen LogP contribution in [0.5, 0.6) is 11.5 Å². The quantitative estimate of drug-likeness (QED) is 0.790. The topological polar surface area (TPSA) is 61.8 Å². The van der Waals surface area contributed by atoms with Crippen molar-refractivity contribution in [2.45, 2.75) is 6.61 Å². The van der Waals surface area contributed by atoms with Gasteiger partial charge >= 0.3 is 0 Å². The highest BCUT2D eigenvalue weighted by molar-refractivity contribution is 5.48. The third kappa shape index (κ3) is 2.25. The van der Waals surface area contributed by atoms with Gasteiger partial charge in [-0.3, -0.25) is 4.40 Å². The Labute approximate surface area is 116 Å². The molecule has 2 aromatic heterocycles. The third-order valence-corrected chi connectivity index (χ3v) is 3.02. The first-order chi connectivity index (χ1) is 9.78. The van der Waals surface area contributed by atoms with Gasteiger partial charge in [0.15, 0.2) is 11.5 Å². The predicted molar refractivity (Wildman–Crippen MR) is 76.9 cm³/mol. The van der Waals surface area contributed by atoms with Crippen LogP contribution in [0.3, 0.4) is 0 Å². The summed E-state index contributed by atoms with van der Waals surface area (Å²) in [5, 5.41) is 0. The molecule has 0 amide bonds. The van der Waals surface area contributed by atoms with Crippen LogP contribution >= 0.6 is 0 Å². The number of nitrogens with zero attached hydrogens (tertiary/aromatic N) is 2. The van der Waals surface area contributed by atoms with Crippen LogP contribution in [-0.2, 0) is 6.61 Å². The second-order valence-corrected chi connectivity index (χ2v) is 4.35. The Bertz CT molecular complexity index is 737. The standard InChI is InChI=1S/C15H15N3O2/c1-19-12-5-2-3-6-13(12)20-10-11-9-18-14(16)7-4-8-15(18)17-11/h2-9H,10,16H2,1H3. The van der Waals surface area contributed by atoms with Gasteiger partial charge < -0.3 is 15.2 Å². The number of anilines is 1. The van der Waals surface area contributed by atoms with Crippen LogP contribution < -0.4 is 15.2 Å². The van der Waals surface area contributed by atoms with E-state index in [0.717, 1.165) is 11.3 Å². The van der Waals surface area contributed by atoms with Gasteiger partial charge in [0.05, 0.1) is 12.8 Å². The molecule has 2 heterocycles. The number of hydrogen-bond acceptors (Lipinski definition) is 4. The maximum atomic E-state index is 5.88. The number of nitrogen functional groups attached to an aromatic ring is 1. The van der Waals surface area contributed by atoms with Crippen molar-refractivity contribution < 1.29 is 9.47 Å². The summed E-state index contributed by atoms with van der Waals surface area (Å²) in [4.78, 5) is 4.46. The molecule has 2 N–H and O–H groups in total. The van der Waals surface area contributed by atoms with Gasteiger partial charge in [0.2, 0.25) is 0 Å². The first kappa shape index (κ1) is 12.3. The number of benzene rings is 1. The van der Waals surface area contributed by atoms with Crippen molar-refractivity contribution in [2.75, 3.05) is 12.8 Å². The van der Waals surface area contributed by atoms with Gasteiger partial charge in [-0.05, 0) is 24.3 Å². The molecule has 1 aromatic carbocycles. The maximum absolute atomic E-state index is 5.88. The lowest BCUT2D eigenvalue weighted by molar-refractivity contribution is 0.281. The second kappa shape index (κ2) is 5.13. The van der Waals surface area contributed by atoms with Crippen LogP contribution in [0, 0.1) is 0 Å². The summed E-state index contributed by atoms with van der Waals surface area (Å²) in [5.41, 5.74) is 7.51. The normalized spacial score (nSPS) is 10.7. The summed E-state index contributed by atoms with van der Waals surface area (Å²) >= 11 is 0. The number of methoxy groups -OCH3 is 1. The van der Waals surface area contributed by atoms with E-state index in [0.29, 0.717) is 23.9 Å². The number of imidazole rings is 1. The van der Waals surface area contributed by atoms with E-state index in [9.17, 15) is 0 Å². The van der Waals surface area contributed by atoms with E-state index in [1.54, 1.807) is 7.11 Å². The highest BCUT2D eigenvalue weighted by Gasteiger charge is 2.06. The van der Waals surface area contributed by atoms with Crippen LogP contribution in [0.4, 0.5) is 5.82 Å². The highest BCUT2D eigenvalue weighted by atomic mass is 16.5. The van der Waals surface area contributed by atoms with Crippen LogP contribution in [0.25, 0.3) is 5.65 Å². The fourth-order valence-corrected chi connectivity index (χ4v) is 2.04. The van der Waals surface area contributed by atoms with Gasteiger partial charge in [0.25, 0.3) is 0 Å². The number of rotatable bonds is 4. The van der Waals surface area contributed by atoms with Crippen molar-refractivity contribution in [1.82, 2.24) is 9.38 Å². The van der Waals surface area contributed by atoms with Crippen molar-refractivity contribution in [3.8, 4) is 11.5 Å². The number of ether oxygens (including phenoxy) is 2. The summed E-state index contributed by atoms with van der Waals surface area (Å²) in [5.74, 6) is 2.05. The molecule has 20 heavy (non-hydrogen) atoms. The molecule has 5 heteroatoms. The van der Waals surface area contributed by atoms with Crippen LogP contribution in [-0.4, -0.2) is 16.5 Å². The Balaban J connectivity index is 1.82.